The Labute approximate surface area is 125 Å². The fraction of sp³-hybridized carbons (Fsp3) is 0.562. The van der Waals surface area contributed by atoms with Gasteiger partial charge in [0, 0.05) is 12.6 Å². The van der Waals surface area contributed by atoms with E-state index in [0.717, 1.165) is 5.52 Å². The molecule has 1 aliphatic heterocycles. The van der Waals surface area contributed by atoms with Gasteiger partial charge in [0.05, 0.1) is 16.3 Å². The lowest BCUT2D eigenvalue weighted by molar-refractivity contribution is 0.168. The maximum Gasteiger partial charge on any atom is 0.111 e. The minimum absolute atomic E-state index is 0.336. The van der Waals surface area contributed by atoms with E-state index in [1.54, 1.807) is 0 Å². The van der Waals surface area contributed by atoms with Gasteiger partial charge in [0.2, 0.25) is 0 Å². The molecule has 2 heterocycles. The molecule has 3 atom stereocenters. The van der Waals surface area contributed by atoms with Gasteiger partial charge in [0.15, 0.2) is 0 Å². The molecule has 0 amide bonds. The van der Waals surface area contributed by atoms with Gasteiger partial charge in [0.25, 0.3) is 0 Å². The number of nitrogens with one attached hydrogen (secondary N) is 1. The molecule has 3 rings (SSSR count). The molecule has 3 unspecified atom stereocenters. The Morgan fingerprint density at radius 1 is 1.40 bits per heavy atom. The Morgan fingerprint density at radius 3 is 2.95 bits per heavy atom. The number of hydrogen-bond donors (Lipinski definition) is 1. The molecule has 0 bridgehead atoms. The number of likely N-dealkylation sites (tertiary alicyclic amines) is 1. The van der Waals surface area contributed by atoms with Gasteiger partial charge in [-0.15, -0.1) is 11.3 Å². The van der Waals surface area contributed by atoms with Crippen LogP contribution in [-0.4, -0.2) is 36.1 Å². The van der Waals surface area contributed by atoms with E-state index in [4.69, 9.17) is 4.98 Å². The first kappa shape index (κ1) is 14.0. The third-order valence-corrected chi connectivity index (χ3v) is 5.47. The molecular weight excluding hydrogens is 266 g/mol. The van der Waals surface area contributed by atoms with Crippen LogP contribution in [0.5, 0.6) is 0 Å². The first-order valence-electron chi connectivity index (χ1n) is 7.43. The Balaban J connectivity index is 1.71. The maximum atomic E-state index is 4.76. The highest BCUT2D eigenvalue weighted by atomic mass is 32.1. The largest absolute Gasteiger partial charge is 0.306 e. The zero-order chi connectivity index (χ0) is 14.1. The molecule has 3 nitrogen and oxygen atoms in total. The Hall–Kier alpha value is -0.970. The molecule has 2 aromatic rings. The molecule has 0 spiro atoms. The van der Waals surface area contributed by atoms with Crippen LogP contribution < -0.4 is 5.32 Å². The summed E-state index contributed by atoms with van der Waals surface area (Å²) >= 11 is 1.81. The zero-order valence-corrected chi connectivity index (χ0v) is 13.3. The average molecular weight is 289 g/mol. The van der Waals surface area contributed by atoms with Crippen molar-refractivity contribution in [3.05, 3.63) is 29.3 Å². The molecule has 1 fully saturated rings. The third kappa shape index (κ3) is 2.87. The summed E-state index contributed by atoms with van der Waals surface area (Å²) in [7, 11) is 2.21. The highest BCUT2D eigenvalue weighted by Crippen LogP contribution is 2.27. The monoisotopic (exact) mass is 289 g/mol. The standard InChI is InChI=1S/C16H23N3S/c1-11-10-19(3)9-8-13(11)17-12(2)16-18-14-6-4-5-7-15(14)20-16/h4-7,11-13,17H,8-10H2,1-3H3. The number of rotatable bonds is 3. The predicted molar refractivity (Wildman–Crippen MR) is 86.2 cm³/mol. The Morgan fingerprint density at radius 2 is 2.20 bits per heavy atom. The van der Waals surface area contributed by atoms with Crippen molar-refractivity contribution in [3.8, 4) is 0 Å². The summed E-state index contributed by atoms with van der Waals surface area (Å²) < 4.78 is 1.28. The van der Waals surface area contributed by atoms with Crippen molar-refractivity contribution in [1.29, 1.82) is 0 Å². The molecule has 4 heteroatoms. The van der Waals surface area contributed by atoms with Gasteiger partial charge < -0.3 is 10.2 Å². The minimum Gasteiger partial charge on any atom is -0.306 e. The molecule has 20 heavy (non-hydrogen) atoms. The van der Waals surface area contributed by atoms with Crippen LogP contribution in [0.25, 0.3) is 10.2 Å². The van der Waals surface area contributed by atoms with Crippen LogP contribution in [0.1, 0.15) is 31.3 Å². The first-order valence-corrected chi connectivity index (χ1v) is 8.25. The van der Waals surface area contributed by atoms with Crippen molar-refractivity contribution >= 4 is 21.6 Å². The number of benzene rings is 1. The van der Waals surface area contributed by atoms with Crippen LogP contribution in [0, 0.1) is 5.92 Å². The van der Waals surface area contributed by atoms with E-state index in [-0.39, 0.29) is 0 Å². The Bertz CT molecular complexity index is 547. The second-order valence-electron chi connectivity index (χ2n) is 6.04. The number of fused-ring (bicyclic) bond motifs is 1. The van der Waals surface area contributed by atoms with Crippen molar-refractivity contribution < 1.29 is 0 Å². The quantitative estimate of drug-likeness (QED) is 0.940. The van der Waals surface area contributed by atoms with Crippen molar-refractivity contribution in [3.63, 3.8) is 0 Å². The third-order valence-electron chi connectivity index (χ3n) is 4.25. The smallest absolute Gasteiger partial charge is 0.111 e. The molecule has 0 aliphatic carbocycles. The van der Waals surface area contributed by atoms with Crippen LogP contribution in [0.15, 0.2) is 24.3 Å². The van der Waals surface area contributed by atoms with Crippen LogP contribution in [-0.2, 0) is 0 Å². The average Bonchev–Trinajstić information content (AvgIpc) is 2.86. The van der Waals surface area contributed by atoms with Gasteiger partial charge in [-0.1, -0.05) is 19.1 Å². The van der Waals surface area contributed by atoms with E-state index < -0.39 is 0 Å². The second-order valence-corrected chi connectivity index (χ2v) is 7.11. The zero-order valence-electron chi connectivity index (χ0n) is 12.5. The van der Waals surface area contributed by atoms with Crippen LogP contribution in [0.4, 0.5) is 0 Å². The molecule has 1 N–H and O–H groups in total. The Kier molecular flexibility index (Phi) is 4.06. The number of para-hydroxylation sites is 1. The van der Waals surface area contributed by atoms with E-state index in [9.17, 15) is 0 Å². The number of thiazole rings is 1. The number of piperidine rings is 1. The number of hydrogen-bond acceptors (Lipinski definition) is 4. The SMILES string of the molecule is CC(NC1CCN(C)CC1C)c1nc2ccccc2s1. The fourth-order valence-electron chi connectivity index (χ4n) is 3.07. The van der Waals surface area contributed by atoms with Crippen LogP contribution in [0.3, 0.4) is 0 Å². The van der Waals surface area contributed by atoms with Gasteiger partial charge >= 0.3 is 0 Å². The normalized spacial score (nSPS) is 25.9. The molecule has 1 saturated heterocycles. The molecule has 0 radical (unpaired) electrons. The molecule has 108 valence electrons. The van der Waals surface area contributed by atoms with Crippen molar-refractivity contribution in [2.75, 3.05) is 20.1 Å². The van der Waals surface area contributed by atoms with Crippen molar-refractivity contribution in [2.45, 2.75) is 32.4 Å². The number of aromatic nitrogens is 1. The topological polar surface area (TPSA) is 28.2 Å². The summed E-state index contributed by atoms with van der Waals surface area (Å²) in [5.74, 6) is 0.700. The second kappa shape index (κ2) is 5.80. The van der Waals surface area contributed by atoms with E-state index in [0.29, 0.717) is 18.0 Å². The summed E-state index contributed by atoms with van der Waals surface area (Å²) in [4.78, 5) is 7.19. The highest BCUT2D eigenvalue weighted by Gasteiger charge is 2.26. The molecular formula is C16H23N3S. The molecule has 1 aromatic heterocycles. The van der Waals surface area contributed by atoms with Crippen LogP contribution >= 0.6 is 11.3 Å². The lowest BCUT2D eigenvalue weighted by atomic mass is 9.93. The summed E-state index contributed by atoms with van der Waals surface area (Å²) in [5, 5.41) is 4.99. The lowest BCUT2D eigenvalue weighted by Crippen LogP contribution is -2.47. The van der Waals surface area contributed by atoms with Gasteiger partial charge in [-0.25, -0.2) is 4.98 Å². The van der Waals surface area contributed by atoms with Gasteiger partial charge in [-0.05, 0) is 45.0 Å². The van der Waals surface area contributed by atoms with E-state index in [2.05, 4.69) is 55.4 Å². The fourth-order valence-corrected chi connectivity index (χ4v) is 4.05. The lowest BCUT2D eigenvalue weighted by Gasteiger charge is -2.36. The van der Waals surface area contributed by atoms with Gasteiger partial charge in [-0.2, -0.15) is 0 Å². The van der Waals surface area contributed by atoms with Crippen molar-refractivity contribution in [1.82, 2.24) is 15.2 Å². The van der Waals surface area contributed by atoms with E-state index in [1.165, 1.54) is 29.2 Å². The number of nitrogens with zero attached hydrogens (tertiary/aromatic N) is 2. The van der Waals surface area contributed by atoms with Gasteiger partial charge in [0.1, 0.15) is 5.01 Å². The summed E-state index contributed by atoms with van der Waals surface area (Å²) in [5.41, 5.74) is 1.12. The predicted octanol–water partition coefficient (Wildman–Crippen LogP) is 3.29. The molecule has 0 saturated carbocycles. The summed E-state index contributed by atoms with van der Waals surface area (Å²) in [6.07, 6.45) is 1.23. The van der Waals surface area contributed by atoms with Gasteiger partial charge in [-0.3, -0.25) is 0 Å². The minimum atomic E-state index is 0.336. The first-order chi connectivity index (χ1) is 9.63. The van der Waals surface area contributed by atoms with Crippen LogP contribution in [0.2, 0.25) is 0 Å². The summed E-state index contributed by atoms with van der Waals surface area (Å²) in [6, 6.07) is 9.34. The highest BCUT2D eigenvalue weighted by molar-refractivity contribution is 7.18. The molecule has 1 aliphatic rings. The van der Waals surface area contributed by atoms with E-state index in [1.807, 2.05) is 11.3 Å². The maximum absolute atomic E-state index is 4.76. The van der Waals surface area contributed by atoms with Crippen molar-refractivity contribution in [2.24, 2.45) is 5.92 Å². The van der Waals surface area contributed by atoms with E-state index >= 15 is 0 Å². The summed E-state index contributed by atoms with van der Waals surface area (Å²) in [6.45, 7) is 6.96. The molecule has 1 aromatic carbocycles.